The molecular formula is C25H31N3O4. The first-order valence-electron chi connectivity index (χ1n) is 11.5. The Hall–Kier alpha value is -3.09. The van der Waals surface area contributed by atoms with Crippen LogP contribution in [0, 0.1) is 0 Å². The van der Waals surface area contributed by atoms with E-state index >= 15 is 0 Å². The Labute approximate surface area is 188 Å². The van der Waals surface area contributed by atoms with Crippen LogP contribution in [0.1, 0.15) is 73.8 Å². The van der Waals surface area contributed by atoms with Gasteiger partial charge in [-0.1, -0.05) is 32.6 Å². The number of rotatable bonds is 8. The van der Waals surface area contributed by atoms with Crippen molar-refractivity contribution in [3.05, 3.63) is 41.6 Å². The predicted molar refractivity (Wildman–Crippen MR) is 123 cm³/mol. The van der Waals surface area contributed by atoms with Gasteiger partial charge in [0.25, 0.3) is 0 Å². The number of hydrogen-bond acceptors (Lipinski definition) is 6. The van der Waals surface area contributed by atoms with Crippen LogP contribution in [0.15, 0.2) is 30.3 Å². The highest BCUT2D eigenvalue weighted by Gasteiger charge is 2.28. The number of carbonyl (C=O) groups excluding carboxylic acids is 1. The Balaban J connectivity index is 1.82. The summed E-state index contributed by atoms with van der Waals surface area (Å²) in [5.74, 6) is 1.32. The maximum Gasteiger partial charge on any atom is 0.358 e. The van der Waals surface area contributed by atoms with Gasteiger partial charge in [-0.2, -0.15) is 9.61 Å². The molecule has 1 saturated carbocycles. The molecule has 0 spiro atoms. The van der Waals surface area contributed by atoms with Crippen molar-refractivity contribution in [1.29, 1.82) is 0 Å². The number of carbonyl (C=O) groups is 1. The summed E-state index contributed by atoms with van der Waals surface area (Å²) in [5.41, 5.74) is 3.69. The van der Waals surface area contributed by atoms with E-state index in [4.69, 9.17) is 19.2 Å². The van der Waals surface area contributed by atoms with Crippen molar-refractivity contribution >= 4 is 11.6 Å². The largest absolute Gasteiger partial charge is 0.494 e. The molecule has 0 unspecified atom stereocenters. The van der Waals surface area contributed by atoms with E-state index in [1.807, 2.05) is 24.3 Å². The van der Waals surface area contributed by atoms with E-state index in [-0.39, 0.29) is 5.69 Å². The fourth-order valence-electron chi connectivity index (χ4n) is 4.41. The summed E-state index contributed by atoms with van der Waals surface area (Å²) >= 11 is 0. The molecule has 32 heavy (non-hydrogen) atoms. The van der Waals surface area contributed by atoms with Gasteiger partial charge in [-0.25, -0.2) is 9.78 Å². The van der Waals surface area contributed by atoms with Gasteiger partial charge in [-0.3, -0.25) is 0 Å². The molecule has 0 bridgehead atoms. The van der Waals surface area contributed by atoms with E-state index < -0.39 is 5.97 Å². The number of fused-ring (bicyclic) bond motifs is 1. The minimum Gasteiger partial charge on any atom is -0.494 e. The number of methoxy groups -OCH3 is 2. The maximum absolute atomic E-state index is 12.1. The lowest BCUT2D eigenvalue weighted by atomic mass is 9.82. The Morgan fingerprint density at radius 2 is 1.88 bits per heavy atom. The third-order valence-electron chi connectivity index (χ3n) is 6.09. The number of unbranched alkanes of at least 4 members (excludes halogenated alkanes) is 1. The van der Waals surface area contributed by atoms with E-state index in [0.29, 0.717) is 24.1 Å². The molecule has 0 saturated heterocycles. The number of esters is 1. The Kier molecular flexibility index (Phi) is 6.93. The van der Waals surface area contributed by atoms with Crippen LogP contribution in [-0.2, 0) is 4.74 Å². The minimum atomic E-state index is -0.494. The third-order valence-corrected chi connectivity index (χ3v) is 6.09. The van der Waals surface area contributed by atoms with Crippen LogP contribution in [-0.4, -0.2) is 41.4 Å². The second kappa shape index (κ2) is 10.0. The lowest BCUT2D eigenvalue weighted by molar-refractivity contribution is 0.0593. The Morgan fingerprint density at radius 1 is 1.12 bits per heavy atom. The molecule has 2 aromatic heterocycles. The normalized spacial score (nSPS) is 14.5. The molecule has 2 heterocycles. The van der Waals surface area contributed by atoms with Gasteiger partial charge in [-0.15, -0.1) is 0 Å². The van der Waals surface area contributed by atoms with Crippen LogP contribution >= 0.6 is 0 Å². The summed E-state index contributed by atoms with van der Waals surface area (Å²) in [6, 6.07) is 9.71. The van der Waals surface area contributed by atoms with Crippen molar-refractivity contribution in [3.63, 3.8) is 0 Å². The van der Waals surface area contributed by atoms with Crippen molar-refractivity contribution in [2.45, 2.75) is 57.8 Å². The SMILES string of the molecule is CCCCOc1ccc(-c2nc3cc(C(=O)OC)nn3c(OC)c2C2CCCCC2)cc1. The molecule has 7 nitrogen and oxygen atoms in total. The highest BCUT2D eigenvalue weighted by molar-refractivity contribution is 5.88. The van der Waals surface area contributed by atoms with E-state index in [0.717, 1.165) is 48.3 Å². The summed E-state index contributed by atoms with van der Waals surface area (Å²) in [6.45, 7) is 2.86. The molecule has 1 fully saturated rings. The van der Waals surface area contributed by atoms with Gasteiger partial charge in [0.15, 0.2) is 11.3 Å². The molecule has 7 heteroatoms. The Bertz CT molecular complexity index is 1070. The zero-order chi connectivity index (χ0) is 22.5. The van der Waals surface area contributed by atoms with Crippen LogP contribution in [0.25, 0.3) is 16.9 Å². The predicted octanol–water partition coefficient (Wildman–Crippen LogP) is 5.42. The first-order chi connectivity index (χ1) is 15.7. The minimum absolute atomic E-state index is 0.213. The monoisotopic (exact) mass is 437 g/mol. The van der Waals surface area contributed by atoms with E-state index in [1.165, 1.54) is 26.4 Å². The van der Waals surface area contributed by atoms with Crippen LogP contribution in [0.2, 0.25) is 0 Å². The van der Waals surface area contributed by atoms with E-state index in [2.05, 4.69) is 12.0 Å². The van der Waals surface area contributed by atoms with E-state index in [9.17, 15) is 4.79 Å². The molecular weight excluding hydrogens is 406 g/mol. The molecule has 4 rings (SSSR count). The Morgan fingerprint density at radius 3 is 2.53 bits per heavy atom. The average Bonchev–Trinajstić information content (AvgIpc) is 3.27. The maximum atomic E-state index is 12.1. The van der Waals surface area contributed by atoms with Gasteiger partial charge >= 0.3 is 5.97 Å². The second-order valence-electron chi connectivity index (χ2n) is 8.24. The molecule has 0 atom stereocenters. The lowest BCUT2D eigenvalue weighted by Crippen LogP contribution is -2.13. The molecule has 1 aromatic carbocycles. The summed E-state index contributed by atoms with van der Waals surface area (Å²) in [4.78, 5) is 17.0. The molecule has 0 aliphatic heterocycles. The van der Waals surface area contributed by atoms with Gasteiger partial charge in [0.05, 0.1) is 26.5 Å². The van der Waals surface area contributed by atoms with Crippen molar-refractivity contribution in [3.8, 4) is 22.9 Å². The van der Waals surface area contributed by atoms with Crippen molar-refractivity contribution in [1.82, 2.24) is 14.6 Å². The molecule has 0 N–H and O–H groups in total. The van der Waals surface area contributed by atoms with Gasteiger partial charge in [0, 0.05) is 17.2 Å². The van der Waals surface area contributed by atoms with Crippen LogP contribution in [0.5, 0.6) is 11.6 Å². The fourth-order valence-corrected chi connectivity index (χ4v) is 4.41. The molecule has 1 aliphatic rings. The first kappa shape index (κ1) is 22.1. The highest BCUT2D eigenvalue weighted by Crippen LogP contribution is 2.42. The van der Waals surface area contributed by atoms with Crippen molar-refractivity contribution in [2.75, 3.05) is 20.8 Å². The van der Waals surface area contributed by atoms with Gasteiger partial charge in [0.1, 0.15) is 5.75 Å². The third kappa shape index (κ3) is 4.42. The molecule has 0 amide bonds. The first-order valence-corrected chi connectivity index (χ1v) is 11.5. The molecule has 0 radical (unpaired) electrons. The van der Waals surface area contributed by atoms with Gasteiger partial charge in [0.2, 0.25) is 5.88 Å². The summed E-state index contributed by atoms with van der Waals surface area (Å²) in [7, 11) is 3.00. The number of hydrogen-bond donors (Lipinski definition) is 0. The lowest BCUT2D eigenvalue weighted by Gasteiger charge is -2.26. The smallest absolute Gasteiger partial charge is 0.358 e. The molecule has 3 aromatic rings. The van der Waals surface area contributed by atoms with Crippen LogP contribution < -0.4 is 9.47 Å². The zero-order valence-corrected chi connectivity index (χ0v) is 19.1. The summed E-state index contributed by atoms with van der Waals surface area (Å²) < 4.78 is 18.2. The van der Waals surface area contributed by atoms with Crippen molar-refractivity contribution in [2.24, 2.45) is 0 Å². The zero-order valence-electron chi connectivity index (χ0n) is 19.1. The van der Waals surface area contributed by atoms with Gasteiger partial charge < -0.3 is 14.2 Å². The number of benzene rings is 1. The summed E-state index contributed by atoms with van der Waals surface area (Å²) in [5, 5.41) is 4.44. The second-order valence-corrected chi connectivity index (χ2v) is 8.24. The highest BCUT2D eigenvalue weighted by atomic mass is 16.5. The van der Waals surface area contributed by atoms with Crippen LogP contribution in [0.4, 0.5) is 0 Å². The molecule has 170 valence electrons. The topological polar surface area (TPSA) is 75.0 Å². The number of nitrogens with zero attached hydrogens (tertiary/aromatic N) is 3. The van der Waals surface area contributed by atoms with Gasteiger partial charge in [-0.05, 0) is 49.4 Å². The average molecular weight is 438 g/mol. The number of aromatic nitrogens is 3. The fraction of sp³-hybridized carbons (Fsp3) is 0.480. The standard InChI is InChI=1S/C25H31N3O4/c1-4-5-15-32-19-13-11-18(12-14-19)23-22(17-9-7-6-8-10-17)24(30-2)28-21(26-23)16-20(27-28)25(29)31-3/h11-14,16-17H,4-10,15H2,1-3H3. The number of ether oxygens (including phenoxy) is 3. The van der Waals surface area contributed by atoms with Crippen molar-refractivity contribution < 1.29 is 19.0 Å². The van der Waals surface area contributed by atoms with Crippen LogP contribution in [0.3, 0.4) is 0 Å². The van der Waals surface area contributed by atoms with E-state index in [1.54, 1.807) is 17.7 Å². The molecule has 1 aliphatic carbocycles. The summed E-state index contributed by atoms with van der Waals surface area (Å²) in [6.07, 6.45) is 7.92. The quantitative estimate of drug-likeness (QED) is 0.346.